The van der Waals surface area contributed by atoms with Crippen molar-refractivity contribution in [1.29, 1.82) is 0 Å². The first-order valence-corrected chi connectivity index (χ1v) is 7.80. The Labute approximate surface area is 124 Å². The predicted octanol–water partition coefficient (Wildman–Crippen LogP) is 0.133. The summed E-state index contributed by atoms with van der Waals surface area (Å²) in [4.78, 5) is 38.4. The van der Waals surface area contributed by atoms with Crippen LogP contribution in [0.4, 0.5) is 0 Å². The highest BCUT2D eigenvalue weighted by molar-refractivity contribution is 7.98. The van der Waals surface area contributed by atoms with Crippen molar-refractivity contribution in [3.8, 4) is 0 Å². The molecule has 0 atom stereocenters. The summed E-state index contributed by atoms with van der Waals surface area (Å²) < 4.78 is 0. The third-order valence-electron chi connectivity index (χ3n) is 3.46. The molecule has 2 N–H and O–H groups in total. The van der Waals surface area contributed by atoms with E-state index in [1.165, 1.54) is 18.0 Å². The van der Waals surface area contributed by atoms with Gasteiger partial charge in [0.15, 0.2) is 5.16 Å². The third-order valence-corrected chi connectivity index (χ3v) is 4.03. The lowest BCUT2D eigenvalue weighted by atomic mass is 10.1. The second-order valence-corrected chi connectivity index (χ2v) is 5.66. The van der Waals surface area contributed by atoms with Crippen LogP contribution in [0.2, 0.25) is 0 Å². The highest BCUT2D eigenvalue weighted by atomic mass is 32.2. The molecule has 0 bridgehead atoms. The predicted molar refractivity (Wildman–Crippen MR) is 79.3 cm³/mol. The molecule has 0 saturated heterocycles. The molecule has 7 nitrogen and oxygen atoms in total. The number of nitrogens with one attached hydrogen (secondary N) is 2. The fraction of sp³-hybridized carbons (Fsp3) is 0.385. The van der Waals surface area contributed by atoms with Crippen LogP contribution in [0.5, 0.6) is 0 Å². The van der Waals surface area contributed by atoms with Gasteiger partial charge < -0.3 is 4.98 Å². The molecular weight excluding hydrogens is 290 g/mol. The molecule has 0 amide bonds. The quantitative estimate of drug-likeness (QED) is 0.618. The lowest BCUT2D eigenvalue weighted by Gasteiger charge is -2.27. The molecule has 0 radical (unpaired) electrons. The molecule has 110 valence electrons. The largest absolute Gasteiger partial charge is 0.325 e. The van der Waals surface area contributed by atoms with Gasteiger partial charge in [-0.25, -0.2) is 14.8 Å². The standard InChI is InChI=1S/C13H15N5O2S/c1-21-13-15-4-8-6-18(3-2-10(8)16-13)7-9-5-14-12(20)17-11(9)19/h4-5H,2-3,6-7H2,1H3,(H2,14,17,19,20). The first-order valence-electron chi connectivity index (χ1n) is 6.58. The van der Waals surface area contributed by atoms with Gasteiger partial charge in [-0.1, -0.05) is 11.8 Å². The monoisotopic (exact) mass is 305 g/mol. The fourth-order valence-corrected chi connectivity index (χ4v) is 2.75. The van der Waals surface area contributed by atoms with Gasteiger partial charge in [0.25, 0.3) is 5.56 Å². The second-order valence-electron chi connectivity index (χ2n) is 4.89. The fourth-order valence-electron chi connectivity index (χ4n) is 2.39. The Morgan fingerprint density at radius 2 is 2.29 bits per heavy atom. The molecule has 8 heteroatoms. The molecule has 0 fully saturated rings. The Kier molecular flexibility index (Phi) is 3.89. The van der Waals surface area contributed by atoms with Crippen molar-refractivity contribution in [3.63, 3.8) is 0 Å². The minimum atomic E-state index is -0.481. The van der Waals surface area contributed by atoms with Crippen LogP contribution in [0.3, 0.4) is 0 Å². The zero-order valence-corrected chi connectivity index (χ0v) is 12.4. The molecule has 0 saturated carbocycles. The SMILES string of the molecule is CSc1ncc2c(n1)CCN(Cc1c[nH]c(=O)[nH]c1=O)C2. The van der Waals surface area contributed by atoms with Crippen LogP contribution in [-0.4, -0.2) is 37.6 Å². The Morgan fingerprint density at radius 1 is 1.43 bits per heavy atom. The van der Waals surface area contributed by atoms with Gasteiger partial charge in [-0.15, -0.1) is 0 Å². The van der Waals surface area contributed by atoms with Crippen molar-refractivity contribution in [1.82, 2.24) is 24.8 Å². The lowest BCUT2D eigenvalue weighted by molar-refractivity contribution is 0.241. The minimum Gasteiger partial charge on any atom is -0.314 e. The zero-order chi connectivity index (χ0) is 14.8. The van der Waals surface area contributed by atoms with Crippen LogP contribution >= 0.6 is 11.8 Å². The van der Waals surface area contributed by atoms with E-state index in [2.05, 4.69) is 24.8 Å². The molecule has 3 rings (SSSR count). The number of hydrogen-bond donors (Lipinski definition) is 2. The Balaban J connectivity index is 1.77. The Bertz CT molecular complexity index is 770. The van der Waals surface area contributed by atoms with E-state index in [0.717, 1.165) is 29.4 Å². The molecule has 21 heavy (non-hydrogen) atoms. The summed E-state index contributed by atoms with van der Waals surface area (Å²) in [5.41, 5.74) is 1.92. The van der Waals surface area contributed by atoms with E-state index in [9.17, 15) is 9.59 Å². The van der Waals surface area contributed by atoms with E-state index in [-0.39, 0.29) is 5.56 Å². The van der Waals surface area contributed by atoms with Gasteiger partial charge in [0, 0.05) is 49.6 Å². The van der Waals surface area contributed by atoms with Gasteiger partial charge in [0.2, 0.25) is 0 Å². The molecule has 1 aliphatic rings. The molecule has 0 spiro atoms. The number of thioether (sulfide) groups is 1. The number of H-pyrrole nitrogens is 2. The third kappa shape index (κ3) is 3.06. The van der Waals surface area contributed by atoms with Gasteiger partial charge >= 0.3 is 5.69 Å². The van der Waals surface area contributed by atoms with Crippen LogP contribution in [0.1, 0.15) is 16.8 Å². The number of nitrogens with zero attached hydrogens (tertiary/aromatic N) is 3. The van der Waals surface area contributed by atoms with Crippen LogP contribution in [0, 0.1) is 0 Å². The topological polar surface area (TPSA) is 94.7 Å². The molecule has 0 unspecified atom stereocenters. The van der Waals surface area contributed by atoms with E-state index in [1.54, 1.807) is 0 Å². The molecule has 3 heterocycles. The number of fused-ring (bicyclic) bond motifs is 1. The van der Waals surface area contributed by atoms with Crippen molar-refractivity contribution >= 4 is 11.8 Å². The summed E-state index contributed by atoms with van der Waals surface area (Å²) in [6.45, 7) is 2.04. The van der Waals surface area contributed by atoms with Crippen molar-refractivity contribution in [2.24, 2.45) is 0 Å². The summed E-state index contributed by atoms with van der Waals surface area (Å²) in [5.74, 6) is 0. The van der Waals surface area contributed by atoms with E-state index >= 15 is 0 Å². The van der Waals surface area contributed by atoms with Crippen molar-refractivity contribution in [2.45, 2.75) is 24.7 Å². The van der Waals surface area contributed by atoms with Gasteiger partial charge in [-0.2, -0.15) is 0 Å². The molecular formula is C13H15N5O2S. The maximum Gasteiger partial charge on any atom is 0.325 e. The lowest BCUT2D eigenvalue weighted by Crippen LogP contribution is -2.34. The van der Waals surface area contributed by atoms with E-state index in [0.29, 0.717) is 18.7 Å². The molecule has 1 aliphatic heterocycles. The number of rotatable bonds is 3. The van der Waals surface area contributed by atoms with Gasteiger partial charge in [0.05, 0.1) is 5.69 Å². The molecule has 0 aliphatic carbocycles. The Hall–Kier alpha value is -1.93. The highest BCUT2D eigenvalue weighted by Crippen LogP contribution is 2.19. The summed E-state index contributed by atoms with van der Waals surface area (Å²) in [6.07, 6.45) is 6.13. The van der Waals surface area contributed by atoms with Crippen molar-refractivity contribution < 1.29 is 0 Å². The summed E-state index contributed by atoms with van der Waals surface area (Å²) in [6, 6.07) is 0. The smallest absolute Gasteiger partial charge is 0.314 e. The van der Waals surface area contributed by atoms with Gasteiger partial charge in [-0.3, -0.25) is 14.7 Å². The molecule has 0 aromatic carbocycles. The first-order chi connectivity index (χ1) is 10.2. The van der Waals surface area contributed by atoms with Crippen LogP contribution in [-0.2, 0) is 19.5 Å². The van der Waals surface area contributed by atoms with Gasteiger partial charge in [-0.05, 0) is 6.26 Å². The van der Waals surface area contributed by atoms with Crippen LogP contribution < -0.4 is 11.2 Å². The molecule has 2 aromatic rings. The average Bonchev–Trinajstić information content (AvgIpc) is 2.49. The van der Waals surface area contributed by atoms with Crippen LogP contribution in [0.25, 0.3) is 0 Å². The average molecular weight is 305 g/mol. The van der Waals surface area contributed by atoms with E-state index in [1.807, 2.05) is 12.5 Å². The Morgan fingerprint density at radius 3 is 3.05 bits per heavy atom. The number of aromatic amines is 2. The normalized spacial score (nSPS) is 14.9. The summed E-state index contributed by atoms with van der Waals surface area (Å²) >= 11 is 1.53. The highest BCUT2D eigenvalue weighted by Gasteiger charge is 2.19. The second kappa shape index (κ2) is 5.82. The first kappa shape index (κ1) is 14.0. The van der Waals surface area contributed by atoms with Crippen molar-refractivity contribution in [2.75, 3.05) is 12.8 Å². The zero-order valence-electron chi connectivity index (χ0n) is 11.5. The number of aromatic nitrogens is 4. The van der Waals surface area contributed by atoms with Gasteiger partial charge in [0.1, 0.15) is 0 Å². The van der Waals surface area contributed by atoms with E-state index < -0.39 is 5.69 Å². The van der Waals surface area contributed by atoms with E-state index in [4.69, 9.17) is 0 Å². The minimum absolute atomic E-state index is 0.335. The maximum atomic E-state index is 11.7. The number of hydrogen-bond acceptors (Lipinski definition) is 6. The molecule has 2 aromatic heterocycles. The maximum absolute atomic E-state index is 11.7. The summed E-state index contributed by atoms with van der Waals surface area (Å²) in [7, 11) is 0. The van der Waals surface area contributed by atoms with Crippen LogP contribution in [0.15, 0.2) is 27.1 Å². The van der Waals surface area contributed by atoms with Crippen molar-refractivity contribution in [3.05, 3.63) is 50.1 Å². The summed E-state index contributed by atoms with van der Waals surface area (Å²) in [5, 5.41) is 0.791.